The first-order valence-electron chi connectivity index (χ1n) is 32.3. The van der Waals surface area contributed by atoms with Gasteiger partial charge in [-0.25, -0.2) is 0 Å². The van der Waals surface area contributed by atoms with Gasteiger partial charge in [0.05, 0.1) is 0 Å². The van der Waals surface area contributed by atoms with Crippen LogP contribution in [0.5, 0.6) is 0 Å². The van der Waals surface area contributed by atoms with E-state index < -0.39 is 6.10 Å². The number of hydrogen-bond donors (Lipinski definition) is 0. The Kier molecular flexibility index (Phi) is 61.9. The van der Waals surface area contributed by atoms with Crippen molar-refractivity contribution in [3.8, 4) is 0 Å². The van der Waals surface area contributed by atoms with Gasteiger partial charge in [-0.2, -0.15) is 0 Å². The summed E-state index contributed by atoms with van der Waals surface area (Å²) in [4.78, 5) is 38.2. The fourth-order valence-electron chi connectivity index (χ4n) is 8.47. The molecule has 1 unspecified atom stereocenters. The summed E-state index contributed by atoms with van der Waals surface area (Å²) in [7, 11) is 0. The molecule has 0 bridgehead atoms. The zero-order chi connectivity index (χ0) is 57.1. The smallest absolute Gasteiger partial charge is 0.306 e. The number of hydrogen-bond acceptors (Lipinski definition) is 6. The zero-order valence-corrected chi connectivity index (χ0v) is 51.1. The fraction of sp³-hybridized carbons (Fsp3) is 0.630. The van der Waals surface area contributed by atoms with Gasteiger partial charge < -0.3 is 14.2 Å². The van der Waals surface area contributed by atoms with Crippen LogP contribution in [0.25, 0.3) is 0 Å². The van der Waals surface area contributed by atoms with Crippen molar-refractivity contribution in [1.82, 2.24) is 0 Å². The van der Waals surface area contributed by atoms with E-state index in [0.717, 1.165) is 167 Å². The standard InChI is InChI=1S/C73H118O6/c1-4-7-10-13-16-19-22-24-26-28-30-31-32-33-34-35-36-37-38-39-40-41-42-43-44-46-47-49-51-54-57-60-63-66-72(75)78-69-70(68-77-71(74)65-62-59-56-53-21-18-15-12-9-6-3)79-73(76)67-64-61-58-55-52-50-48-45-29-27-25-23-20-17-14-11-8-5-2/h7,10,12,15-16,19-20,23-24,26-27,29-31,33-34,36-37,39-40,42-43,46-47,70H,4-6,8-9,11,13-14,17-18,21-22,25,28,32,35,38,41,44-45,48-69H2,1-3H3/b10-7-,15-12-,19-16-,23-20-,26-24-,29-27-,31-30-,34-33-,37-36-,40-39-,43-42-,47-46-. The van der Waals surface area contributed by atoms with E-state index in [1.807, 2.05) is 0 Å². The second-order valence-electron chi connectivity index (χ2n) is 20.9. The van der Waals surface area contributed by atoms with E-state index in [4.69, 9.17) is 14.2 Å². The van der Waals surface area contributed by atoms with Crippen LogP contribution < -0.4 is 0 Å². The van der Waals surface area contributed by atoms with Gasteiger partial charge in [-0.05, 0) is 141 Å². The molecule has 0 saturated heterocycles. The molecular weight excluding hydrogens is 973 g/mol. The first-order chi connectivity index (χ1) is 39.0. The fourth-order valence-corrected chi connectivity index (χ4v) is 8.47. The number of allylic oxidation sites excluding steroid dienone is 24. The molecule has 0 amide bonds. The Morgan fingerprint density at radius 1 is 0.266 bits per heavy atom. The van der Waals surface area contributed by atoms with Crippen LogP contribution in [0.4, 0.5) is 0 Å². The molecule has 0 aromatic rings. The van der Waals surface area contributed by atoms with Crippen molar-refractivity contribution in [2.75, 3.05) is 13.2 Å². The molecule has 0 aliphatic carbocycles. The Morgan fingerprint density at radius 3 is 0.835 bits per heavy atom. The molecule has 0 aliphatic heterocycles. The number of carbonyl (C=O) groups is 3. The molecule has 0 aromatic heterocycles. The molecule has 0 aromatic carbocycles. The molecular formula is C73H118O6. The summed E-state index contributed by atoms with van der Waals surface area (Å²) in [5.41, 5.74) is 0. The molecule has 446 valence electrons. The van der Waals surface area contributed by atoms with Gasteiger partial charge in [-0.15, -0.1) is 0 Å². The average Bonchev–Trinajstić information content (AvgIpc) is 3.45. The second kappa shape index (κ2) is 65.8. The molecule has 6 nitrogen and oxygen atoms in total. The van der Waals surface area contributed by atoms with E-state index >= 15 is 0 Å². The minimum atomic E-state index is -0.799. The van der Waals surface area contributed by atoms with Crippen molar-refractivity contribution in [3.63, 3.8) is 0 Å². The van der Waals surface area contributed by atoms with Crippen molar-refractivity contribution < 1.29 is 28.6 Å². The molecule has 0 spiro atoms. The lowest BCUT2D eigenvalue weighted by Gasteiger charge is -2.18. The number of carbonyl (C=O) groups excluding carboxylic acids is 3. The summed E-state index contributed by atoms with van der Waals surface area (Å²) >= 11 is 0. The Morgan fingerprint density at radius 2 is 0.519 bits per heavy atom. The van der Waals surface area contributed by atoms with Gasteiger partial charge in [0.1, 0.15) is 13.2 Å². The third-order valence-corrected chi connectivity index (χ3v) is 13.3. The van der Waals surface area contributed by atoms with Crippen LogP contribution in [0, 0.1) is 0 Å². The second-order valence-corrected chi connectivity index (χ2v) is 20.9. The Balaban J connectivity index is 4.30. The SMILES string of the molecule is CC/C=C\C/C=C\C/C=C\C/C=C\C/C=C\C/C=C\C/C=C\C/C=C\C/C=C\CCCCCCCC(=O)OCC(COC(=O)CCCCCCC/C=C\CCC)OC(=O)CCCCCCCCC/C=C\C/C=C\CCCCCC. The van der Waals surface area contributed by atoms with Crippen molar-refractivity contribution in [2.45, 2.75) is 284 Å². The van der Waals surface area contributed by atoms with Gasteiger partial charge in [0, 0.05) is 19.3 Å². The first kappa shape index (κ1) is 74.3. The zero-order valence-electron chi connectivity index (χ0n) is 51.1. The highest BCUT2D eigenvalue weighted by Crippen LogP contribution is 2.14. The van der Waals surface area contributed by atoms with Crippen LogP contribution in [0.15, 0.2) is 146 Å². The predicted molar refractivity (Wildman–Crippen MR) is 343 cm³/mol. The van der Waals surface area contributed by atoms with Gasteiger partial charge in [-0.3, -0.25) is 14.4 Å². The van der Waals surface area contributed by atoms with E-state index in [9.17, 15) is 14.4 Å². The molecule has 1 atom stereocenters. The van der Waals surface area contributed by atoms with Crippen molar-refractivity contribution in [2.24, 2.45) is 0 Å². The lowest BCUT2D eigenvalue weighted by molar-refractivity contribution is -0.167. The van der Waals surface area contributed by atoms with E-state index in [-0.39, 0.29) is 31.1 Å². The summed E-state index contributed by atoms with van der Waals surface area (Å²) < 4.78 is 16.8. The van der Waals surface area contributed by atoms with Crippen LogP contribution >= 0.6 is 0 Å². The highest BCUT2D eigenvalue weighted by atomic mass is 16.6. The third-order valence-electron chi connectivity index (χ3n) is 13.3. The number of ether oxygens (including phenoxy) is 3. The first-order valence-corrected chi connectivity index (χ1v) is 32.3. The van der Waals surface area contributed by atoms with Crippen LogP contribution in [-0.4, -0.2) is 37.2 Å². The van der Waals surface area contributed by atoms with Gasteiger partial charge in [0.2, 0.25) is 0 Å². The van der Waals surface area contributed by atoms with Crippen molar-refractivity contribution >= 4 is 17.9 Å². The van der Waals surface area contributed by atoms with E-state index in [1.54, 1.807) is 0 Å². The van der Waals surface area contributed by atoms with E-state index in [1.165, 1.54) is 70.6 Å². The highest BCUT2D eigenvalue weighted by molar-refractivity contribution is 5.71. The lowest BCUT2D eigenvalue weighted by atomic mass is 10.1. The molecule has 0 radical (unpaired) electrons. The molecule has 0 N–H and O–H groups in total. The molecule has 0 aliphatic rings. The Labute approximate surface area is 487 Å². The summed E-state index contributed by atoms with van der Waals surface area (Å²) in [5, 5.41) is 0. The van der Waals surface area contributed by atoms with E-state index in [0.29, 0.717) is 19.3 Å². The van der Waals surface area contributed by atoms with Crippen LogP contribution in [0.3, 0.4) is 0 Å². The topological polar surface area (TPSA) is 78.9 Å². The molecule has 0 saturated carbocycles. The third kappa shape index (κ3) is 64.0. The van der Waals surface area contributed by atoms with Crippen LogP contribution in [-0.2, 0) is 28.6 Å². The van der Waals surface area contributed by atoms with E-state index in [2.05, 4.69) is 167 Å². The van der Waals surface area contributed by atoms with Crippen molar-refractivity contribution in [3.05, 3.63) is 146 Å². The Bertz CT molecular complexity index is 1730. The maximum atomic E-state index is 12.9. The molecule has 6 heteroatoms. The number of rotatable bonds is 57. The summed E-state index contributed by atoms with van der Waals surface area (Å²) in [6.07, 6.45) is 94.3. The van der Waals surface area contributed by atoms with Crippen LogP contribution in [0.1, 0.15) is 278 Å². The summed E-state index contributed by atoms with van der Waals surface area (Å²) in [6.45, 7) is 6.42. The monoisotopic (exact) mass is 1090 g/mol. The highest BCUT2D eigenvalue weighted by Gasteiger charge is 2.19. The van der Waals surface area contributed by atoms with Crippen LogP contribution in [0.2, 0.25) is 0 Å². The minimum absolute atomic E-state index is 0.0959. The number of unbranched alkanes of at least 4 members (excludes halogenated alkanes) is 22. The normalized spacial score (nSPS) is 13.1. The molecule has 79 heavy (non-hydrogen) atoms. The lowest BCUT2D eigenvalue weighted by Crippen LogP contribution is -2.30. The van der Waals surface area contributed by atoms with Gasteiger partial charge in [0.25, 0.3) is 0 Å². The Hall–Kier alpha value is -4.71. The summed E-state index contributed by atoms with van der Waals surface area (Å²) in [5.74, 6) is -0.935. The van der Waals surface area contributed by atoms with Gasteiger partial charge in [-0.1, -0.05) is 263 Å². The van der Waals surface area contributed by atoms with Gasteiger partial charge >= 0.3 is 17.9 Å². The molecule has 0 rings (SSSR count). The largest absolute Gasteiger partial charge is 0.462 e. The van der Waals surface area contributed by atoms with Gasteiger partial charge in [0.15, 0.2) is 6.10 Å². The molecule has 0 heterocycles. The minimum Gasteiger partial charge on any atom is -0.462 e. The van der Waals surface area contributed by atoms with Crippen molar-refractivity contribution in [1.29, 1.82) is 0 Å². The maximum Gasteiger partial charge on any atom is 0.306 e. The number of esters is 3. The maximum absolute atomic E-state index is 12.9. The predicted octanol–water partition coefficient (Wildman–Crippen LogP) is 22.3. The molecule has 0 fully saturated rings. The quantitative estimate of drug-likeness (QED) is 0.0261. The average molecular weight is 1090 g/mol. The summed E-state index contributed by atoms with van der Waals surface area (Å²) in [6, 6.07) is 0.